The van der Waals surface area contributed by atoms with Crippen LogP contribution < -0.4 is 11.1 Å². The fourth-order valence-electron chi connectivity index (χ4n) is 1.18. The molecule has 1 aromatic carbocycles. The maximum Gasteiger partial charge on any atom is 0.252 e. The van der Waals surface area contributed by atoms with Gasteiger partial charge in [0.05, 0.1) is 22.4 Å². The summed E-state index contributed by atoms with van der Waals surface area (Å²) in [5, 5.41) is 12.1. The molecular formula is C11H15ClN2O2. The van der Waals surface area contributed by atoms with E-state index < -0.39 is 6.10 Å². The van der Waals surface area contributed by atoms with Gasteiger partial charge in [-0.3, -0.25) is 4.79 Å². The SMILES string of the molecule is CCC(O)CNC(=O)c1cccc(N)c1Cl. The highest BCUT2D eigenvalue weighted by Gasteiger charge is 2.12. The van der Waals surface area contributed by atoms with E-state index in [1.54, 1.807) is 18.2 Å². The molecule has 0 saturated carbocycles. The standard InChI is InChI=1S/C11H15ClN2O2/c1-2-7(15)6-14-11(16)8-4-3-5-9(13)10(8)12/h3-5,7,15H,2,6,13H2,1H3,(H,14,16). The number of carbonyl (C=O) groups excluding carboxylic acids is 1. The molecule has 0 fully saturated rings. The average molecular weight is 243 g/mol. The minimum Gasteiger partial charge on any atom is -0.398 e. The van der Waals surface area contributed by atoms with Gasteiger partial charge in [-0.25, -0.2) is 0 Å². The zero-order valence-electron chi connectivity index (χ0n) is 9.03. The molecule has 1 rings (SSSR count). The molecule has 1 unspecified atom stereocenters. The number of nitrogens with one attached hydrogen (secondary N) is 1. The van der Waals surface area contributed by atoms with Crippen molar-refractivity contribution in [1.82, 2.24) is 5.32 Å². The fourth-order valence-corrected chi connectivity index (χ4v) is 1.39. The number of amides is 1. The number of anilines is 1. The van der Waals surface area contributed by atoms with Gasteiger partial charge in [0, 0.05) is 6.54 Å². The number of nitrogen functional groups attached to an aromatic ring is 1. The van der Waals surface area contributed by atoms with Gasteiger partial charge in [-0.05, 0) is 18.6 Å². The molecule has 16 heavy (non-hydrogen) atoms. The molecule has 0 aromatic heterocycles. The van der Waals surface area contributed by atoms with Crippen LogP contribution in [-0.2, 0) is 0 Å². The summed E-state index contributed by atoms with van der Waals surface area (Å²) in [5.41, 5.74) is 6.27. The first kappa shape index (κ1) is 12.8. The van der Waals surface area contributed by atoms with E-state index in [0.717, 1.165) is 0 Å². The smallest absolute Gasteiger partial charge is 0.252 e. The number of carbonyl (C=O) groups is 1. The Hall–Kier alpha value is -1.26. The Morgan fingerprint density at radius 3 is 2.94 bits per heavy atom. The van der Waals surface area contributed by atoms with Gasteiger partial charge in [0.2, 0.25) is 0 Å². The van der Waals surface area contributed by atoms with E-state index in [4.69, 9.17) is 17.3 Å². The molecule has 5 heteroatoms. The lowest BCUT2D eigenvalue weighted by Gasteiger charge is -2.10. The van der Waals surface area contributed by atoms with Gasteiger partial charge in [-0.15, -0.1) is 0 Å². The topological polar surface area (TPSA) is 75.3 Å². The van der Waals surface area contributed by atoms with Crippen molar-refractivity contribution in [1.29, 1.82) is 0 Å². The second kappa shape index (κ2) is 5.72. The van der Waals surface area contributed by atoms with E-state index in [1.165, 1.54) is 0 Å². The zero-order chi connectivity index (χ0) is 12.1. The molecule has 88 valence electrons. The van der Waals surface area contributed by atoms with Crippen LogP contribution in [-0.4, -0.2) is 23.7 Å². The van der Waals surface area contributed by atoms with Crippen LogP contribution >= 0.6 is 11.6 Å². The molecule has 0 bridgehead atoms. The number of aliphatic hydroxyl groups excluding tert-OH is 1. The van der Waals surface area contributed by atoms with E-state index in [0.29, 0.717) is 17.7 Å². The van der Waals surface area contributed by atoms with Gasteiger partial charge in [-0.2, -0.15) is 0 Å². The Morgan fingerprint density at radius 1 is 1.62 bits per heavy atom. The number of hydrogen-bond acceptors (Lipinski definition) is 3. The minimum absolute atomic E-state index is 0.209. The molecule has 0 aliphatic heterocycles. The summed E-state index contributed by atoms with van der Waals surface area (Å²) in [6, 6.07) is 4.87. The van der Waals surface area contributed by atoms with E-state index in [1.807, 2.05) is 6.92 Å². The maximum atomic E-state index is 11.7. The summed E-state index contributed by atoms with van der Waals surface area (Å²) in [6.07, 6.45) is 0.0501. The molecule has 0 radical (unpaired) electrons. The predicted octanol–water partition coefficient (Wildman–Crippen LogP) is 1.42. The third-order valence-electron chi connectivity index (χ3n) is 2.24. The summed E-state index contributed by atoms with van der Waals surface area (Å²) in [7, 11) is 0. The summed E-state index contributed by atoms with van der Waals surface area (Å²) in [4.78, 5) is 11.7. The van der Waals surface area contributed by atoms with Crippen molar-refractivity contribution in [3.8, 4) is 0 Å². The van der Waals surface area contributed by atoms with Crippen LogP contribution in [0.5, 0.6) is 0 Å². The van der Waals surface area contributed by atoms with Crippen molar-refractivity contribution < 1.29 is 9.90 Å². The van der Waals surface area contributed by atoms with Crippen molar-refractivity contribution in [3.05, 3.63) is 28.8 Å². The number of hydrogen-bond donors (Lipinski definition) is 3. The lowest BCUT2D eigenvalue weighted by molar-refractivity contribution is 0.0914. The predicted molar refractivity (Wildman–Crippen MR) is 64.5 cm³/mol. The molecule has 0 saturated heterocycles. The van der Waals surface area contributed by atoms with Crippen LogP contribution in [0.4, 0.5) is 5.69 Å². The number of rotatable bonds is 4. The monoisotopic (exact) mass is 242 g/mol. The molecule has 4 N–H and O–H groups in total. The molecule has 4 nitrogen and oxygen atoms in total. The average Bonchev–Trinajstić information content (AvgIpc) is 2.29. The molecule has 0 spiro atoms. The highest BCUT2D eigenvalue weighted by molar-refractivity contribution is 6.36. The van der Waals surface area contributed by atoms with Crippen LogP contribution in [0.25, 0.3) is 0 Å². The van der Waals surface area contributed by atoms with Crippen LogP contribution in [0.2, 0.25) is 5.02 Å². The van der Waals surface area contributed by atoms with Gasteiger partial charge >= 0.3 is 0 Å². The summed E-state index contributed by atoms with van der Waals surface area (Å²) >= 11 is 5.89. The van der Waals surface area contributed by atoms with Crippen molar-refractivity contribution in [3.63, 3.8) is 0 Å². The van der Waals surface area contributed by atoms with Crippen LogP contribution in [0.3, 0.4) is 0 Å². The lowest BCUT2D eigenvalue weighted by Crippen LogP contribution is -2.31. The highest BCUT2D eigenvalue weighted by Crippen LogP contribution is 2.22. The number of halogens is 1. The zero-order valence-corrected chi connectivity index (χ0v) is 9.79. The summed E-state index contributed by atoms with van der Waals surface area (Å²) in [5.74, 6) is -0.329. The van der Waals surface area contributed by atoms with Crippen molar-refractivity contribution >= 4 is 23.2 Å². The summed E-state index contributed by atoms with van der Waals surface area (Å²) < 4.78 is 0. The number of aliphatic hydroxyl groups is 1. The Labute approximate surface area is 99.4 Å². The van der Waals surface area contributed by atoms with E-state index >= 15 is 0 Å². The molecule has 1 atom stereocenters. The largest absolute Gasteiger partial charge is 0.398 e. The molecular weight excluding hydrogens is 228 g/mol. The fraction of sp³-hybridized carbons (Fsp3) is 0.364. The van der Waals surface area contributed by atoms with Gasteiger partial charge in [0.15, 0.2) is 0 Å². The quantitative estimate of drug-likeness (QED) is 0.699. The van der Waals surface area contributed by atoms with Crippen LogP contribution in [0.15, 0.2) is 18.2 Å². The normalized spacial score (nSPS) is 12.2. The van der Waals surface area contributed by atoms with Crippen LogP contribution in [0.1, 0.15) is 23.7 Å². The van der Waals surface area contributed by atoms with Gasteiger partial charge in [0.1, 0.15) is 0 Å². The second-order valence-electron chi connectivity index (χ2n) is 3.48. The minimum atomic E-state index is -0.538. The third kappa shape index (κ3) is 3.12. The Bertz CT molecular complexity index is 382. The molecule has 1 amide bonds. The first-order valence-electron chi connectivity index (χ1n) is 5.06. The molecule has 1 aromatic rings. The van der Waals surface area contributed by atoms with Crippen LogP contribution in [0, 0.1) is 0 Å². The lowest BCUT2D eigenvalue weighted by atomic mass is 10.2. The molecule has 0 aliphatic rings. The number of nitrogens with two attached hydrogens (primary N) is 1. The van der Waals surface area contributed by atoms with E-state index in [2.05, 4.69) is 5.32 Å². The third-order valence-corrected chi connectivity index (χ3v) is 2.66. The van der Waals surface area contributed by atoms with Gasteiger partial charge < -0.3 is 16.2 Å². The maximum absolute atomic E-state index is 11.7. The van der Waals surface area contributed by atoms with Crippen molar-refractivity contribution in [2.24, 2.45) is 0 Å². The Kier molecular flexibility index (Phi) is 4.58. The van der Waals surface area contributed by atoms with Gasteiger partial charge in [-0.1, -0.05) is 24.6 Å². The Balaban J connectivity index is 2.70. The van der Waals surface area contributed by atoms with E-state index in [-0.39, 0.29) is 17.5 Å². The van der Waals surface area contributed by atoms with E-state index in [9.17, 15) is 9.90 Å². The number of benzene rings is 1. The molecule has 0 aliphatic carbocycles. The first-order valence-corrected chi connectivity index (χ1v) is 5.44. The first-order chi connectivity index (χ1) is 7.56. The van der Waals surface area contributed by atoms with Crippen molar-refractivity contribution in [2.45, 2.75) is 19.4 Å². The summed E-state index contributed by atoms with van der Waals surface area (Å²) in [6.45, 7) is 2.05. The highest BCUT2D eigenvalue weighted by atomic mass is 35.5. The van der Waals surface area contributed by atoms with Gasteiger partial charge in [0.25, 0.3) is 5.91 Å². The Morgan fingerprint density at radius 2 is 2.31 bits per heavy atom. The van der Waals surface area contributed by atoms with Crippen molar-refractivity contribution in [2.75, 3.05) is 12.3 Å². The molecule has 0 heterocycles. The second-order valence-corrected chi connectivity index (χ2v) is 3.86.